The largest absolute Gasteiger partial charge is 0.326 e. The van der Waals surface area contributed by atoms with Crippen LogP contribution in [0.4, 0.5) is 0 Å². The average molecular weight is 224 g/mol. The maximum Gasteiger partial charge on any atom is 0.0273 e. The molecule has 1 aromatic rings. The van der Waals surface area contributed by atoms with Crippen LogP contribution in [0, 0.1) is 0 Å². The van der Waals surface area contributed by atoms with Gasteiger partial charge in [-0.1, -0.05) is 0 Å². The second kappa shape index (κ2) is 5.64. The number of nitrogens with two attached hydrogens (primary N) is 1. The molecule has 0 unspecified atom stereocenters. The fourth-order valence-corrected chi connectivity index (χ4v) is 2.62. The zero-order valence-electron chi connectivity index (χ0n) is 9.17. The van der Waals surface area contributed by atoms with E-state index in [1.54, 1.807) is 0 Å². The summed E-state index contributed by atoms with van der Waals surface area (Å²) in [6.07, 6.45) is 6.60. The molecule has 1 aliphatic carbocycles. The van der Waals surface area contributed by atoms with Crippen molar-refractivity contribution in [2.24, 2.45) is 5.73 Å². The lowest BCUT2D eigenvalue weighted by molar-refractivity contribution is 0.621. The van der Waals surface area contributed by atoms with Crippen molar-refractivity contribution in [2.75, 3.05) is 6.54 Å². The molecule has 1 heterocycles. The minimum absolute atomic E-state index is 0.688. The summed E-state index contributed by atoms with van der Waals surface area (Å²) in [4.78, 5) is 2.79. The van der Waals surface area contributed by atoms with Crippen molar-refractivity contribution in [3.8, 4) is 0 Å². The van der Waals surface area contributed by atoms with Gasteiger partial charge < -0.3 is 11.1 Å². The summed E-state index contributed by atoms with van der Waals surface area (Å²) in [6, 6.07) is 5.24. The van der Waals surface area contributed by atoms with Gasteiger partial charge in [0, 0.05) is 22.3 Å². The summed E-state index contributed by atoms with van der Waals surface area (Å²) in [7, 11) is 0. The van der Waals surface area contributed by atoms with Crippen LogP contribution in [0.15, 0.2) is 12.1 Å². The Morgan fingerprint density at radius 2 is 2.07 bits per heavy atom. The molecule has 1 saturated carbocycles. The molecule has 15 heavy (non-hydrogen) atoms. The van der Waals surface area contributed by atoms with Gasteiger partial charge in [0.25, 0.3) is 0 Å². The molecular formula is C12H20N2S. The van der Waals surface area contributed by atoms with E-state index in [0.29, 0.717) is 6.54 Å². The van der Waals surface area contributed by atoms with Gasteiger partial charge in [-0.2, -0.15) is 0 Å². The molecular weight excluding hydrogens is 204 g/mol. The van der Waals surface area contributed by atoms with Crippen LogP contribution in [0.1, 0.15) is 35.4 Å². The summed E-state index contributed by atoms with van der Waals surface area (Å²) in [6.45, 7) is 1.88. The lowest BCUT2D eigenvalue weighted by Gasteiger charge is -2.01. The van der Waals surface area contributed by atoms with Crippen molar-refractivity contribution in [2.45, 2.75) is 44.7 Å². The molecule has 0 bridgehead atoms. The minimum Gasteiger partial charge on any atom is -0.326 e. The molecule has 3 N–H and O–H groups in total. The van der Waals surface area contributed by atoms with Gasteiger partial charge in [0.05, 0.1) is 0 Å². The molecule has 1 aromatic heterocycles. The monoisotopic (exact) mass is 224 g/mol. The van der Waals surface area contributed by atoms with Gasteiger partial charge in [0.2, 0.25) is 0 Å². The predicted molar refractivity (Wildman–Crippen MR) is 66.2 cm³/mol. The first kappa shape index (κ1) is 11.1. The zero-order chi connectivity index (χ0) is 10.5. The quantitative estimate of drug-likeness (QED) is 0.697. The van der Waals surface area contributed by atoms with Crippen LogP contribution in [0.2, 0.25) is 0 Å². The van der Waals surface area contributed by atoms with Gasteiger partial charge in [0.15, 0.2) is 0 Å². The van der Waals surface area contributed by atoms with Gasteiger partial charge in [0.1, 0.15) is 0 Å². The maximum absolute atomic E-state index is 5.58. The molecule has 84 valence electrons. The highest BCUT2D eigenvalue weighted by Crippen LogP contribution is 2.19. The van der Waals surface area contributed by atoms with Crippen LogP contribution >= 0.6 is 11.3 Å². The molecule has 3 heteroatoms. The first-order valence-corrected chi connectivity index (χ1v) is 6.71. The Kier molecular flexibility index (Phi) is 4.18. The Bertz CT molecular complexity index is 292. The van der Waals surface area contributed by atoms with Crippen LogP contribution in [-0.4, -0.2) is 12.6 Å². The van der Waals surface area contributed by atoms with Gasteiger partial charge in [-0.3, -0.25) is 0 Å². The van der Waals surface area contributed by atoms with Crippen LogP contribution in [0.5, 0.6) is 0 Å². The van der Waals surface area contributed by atoms with Gasteiger partial charge in [-0.25, -0.2) is 0 Å². The smallest absolute Gasteiger partial charge is 0.0273 e. The maximum atomic E-state index is 5.58. The first-order chi connectivity index (χ1) is 7.38. The van der Waals surface area contributed by atoms with Crippen molar-refractivity contribution < 1.29 is 0 Å². The number of unbranched alkanes of at least 4 members (excludes halogenated alkanes) is 1. The fraction of sp³-hybridized carbons (Fsp3) is 0.667. The summed E-state index contributed by atoms with van der Waals surface area (Å²) in [5, 5.41) is 3.54. The minimum atomic E-state index is 0.688. The highest BCUT2D eigenvalue weighted by molar-refractivity contribution is 7.11. The summed E-state index contributed by atoms with van der Waals surface area (Å²) in [5.74, 6) is 0. The highest BCUT2D eigenvalue weighted by Gasteiger charge is 2.19. The Morgan fingerprint density at radius 3 is 2.73 bits per heavy atom. The molecule has 2 rings (SSSR count). The Labute approximate surface area is 95.9 Å². The molecule has 0 spiro atoms. The van der Waals surface area contributed by atoms with Gasteiger partial charge in [-0.05, 0) is 50.8 Å². The Balaban J connectivity index is 1.56. The normalized spacial score (nSPS) is 15.8. The molecule has 0 aromatic carbocycles. The standard InChI is InChI=1S/C12H20N2S/c13-9-12-7-6-11(15-12)3-1-2-8-14-10-4-5-10/h6-7,10,14H,1-5,8-9,13H2. The van der Waals surface area contributed by atoms with Gasteiger partial charge >= 0.3 is 0 Å². The van der Waals surface area contributed by atoms with E-state index < -0.39 is 0 Å². The number of hydrogen-bond acceptors (Lipinski definition) is 3. The van der Waals surface area contributed by atoms with Crippen LogP contribution in [0.3, 0.4) is 0 Å². The number of nitrogens with one attached hydrogen (secondary N) is 1. The van der Waals surface area contributed by atoms with Crippen molar-refractivity contribution in [1.29, 1.82) is 0 Å². The van der Waals surface area contributed by atoms with E-state index in [1.807, 2.05) is 11.3 Å². The molecule has 0 saturated heterocycles. The van der Waals surface area contributed by atoms with E-state index in [1.165, 1.54) is 48.4 Å². The molecule has 0 radical (unpaired) electrons. The average Bonchev–Trinajstić information content (AvgIpc) is 2.96. The fourth-order valence-electron chi connectivity index (χ4n) is 1.68. The third-order valence-electron chi connectivity index (χ3n) is 2.78. The van der Waals surface area contributed by atoms with E-state index in [4.69, 9.17) is 5.73 Å². The van der Waals surface area contributed by atoms with Gasteiger partial charge in [-0.15, -0.1) is 11.3 Å². The topological polar surface area (TPSA) is 38.0 Å². The molecule has 2 nitrogen and oxygen atoms in total. The third-order valence-corrected chi connectivity index (χ3v) is 3.95. The summed E-state index contributed by atoms with van der Waals surface area (Å²) < 4.78 is 0. The molecule has 1 aliphatic rings. The second-order valence-corrected chi connectivity index (χ2v) is 5.51. The number of thiophene rings is 1. The molecule has 0 amide bonds. The van der Waals surface area contributed by atoms with Crippen molar-refractivity contribution in [1.82, 2.24) is 5.32 Å². The van der Waals surface area contributed by atoms with Crippen LogP contribution in [-0.2, 0) is 13.0 Å². The number of hydrogen-bond donors (Lipinski definition) is 2. The van der Waals surface area contributed by atoms with Crippen molar-refractivity contribution in [3.05, 3.63) is 21.9 Å². The predicted octanol–water partition coefficient (Wildman–Crippen LogP) is 2.28. The molecule has 1 fully saturated rings. The lowest BCUT2D eigenvalue weighted by atomic mass is 10.2. The summed E-state index contributed by atoms with van der Waals surface area (Å²) in [5.41, 5.74) is 5.58. The van der Waals surface area contributed by atoms with Crippen LogP contribution < -0.4 is 11.1 Å². The highest BCUT2D eigenvalue weighted by atomic mass is 32.1. The first-order valence-electron chi connectivity index (χ1n) is 5.89. The Hall–Kier alpha value is -0.380. The summed E-state index contributed by atoms with van der Waals surface area (Å²) >= 11 is 1.86. The van der Waals surface area contributed by atoms with E-state index in [2.05, 4.69) is 17.4 Å². The van der Waals surface area contributed by atoms with Crippen LogP contribution in [0.25, 0.3) is 0 Å². The van der Waals surface area contributed by atoms with E-state index >= 15 is 0 Å². The third kappa shape index (κ3) is 3.93. The molecule has 0 aliphatic heterocycles. The second-order valence-electron chi connectivity index (χ2n) is 4.26. The molecule has 0 atom stereocenters. The zero-order valence-corrected chi connectivity index (χ0v) is 9.98. The van der Waals surface area contributed by atoms with Crippen molar-refractivity contribution >= 4 is 11.3 Å². The lowest BCUT2D eigenvalue weighted by Crippen LogP contribution is -2.17. The van der Waals surface area contributed by atoms with Crippen molar-refractivity contribution in [3.63, 3.8) is 0 Å². The Morgan fingerprint density at radius 1 is 1.27 bits per heavy atom. The number of rotatable bonds is 7. The van der Waals surface area contributed by atoms with E-state index in [0.717, 1.165) is 6.04 Å². The van der Waals surface area contributed by atoms with E-state index in [9.17, 15) is 0 Å². The number of aryl methyl sites for hydroxylation is 1. The SMILES string of the molecule is NCc1ccc(CCCCNC2CC2)s1. The van der Waals surface area contributed by atoms with E-state index in [-0.39, 0.29) is 0 Å².